The predicted molar refractivity (Wildman–Crippen MR) is 68.0 cm³/mol. The topological polar surface area (TPSA) is 53.4 Å². The van der Waals surface area contributed by atoms with Gasteiger partial charge < -0.3 is 10.0 Å². The second-order valence-electron chi connectivity index (χ2n) is 4.33. The van der Waals surface area contributed by atoms with E-state index >= 15 is 0 Å². The molecule has 0 saturated heterocycles. The van der Waals surface area contributed by atoms with Crippen LogP contribution in [0.3, 0.4) is 0 Å². The van der Waals surface area contributed by atoms with Gasteiger partial charge in [0.05, 0.1) is 5.52 Å². The van der Waals surface area contributed by atoms with Crippen LogP contribution in [0.2, 0.25) is 0 Å². The van der Waals surface area contributed by atoms with Crippen molar-refractivity contribution < 1.29 is 23.1 Å². The van der Waals surface area contributed by atoms with Crippen LogP contribution in [0.4, 0.5) is 19.0 Å². The number of carboxylic acids is 1. The number of pyridine rings is 1. The fourth-order valence-electron chi connectivity index (χ4n) is 1.90. The summed E-state index contributed by atoms with van der Waals surface area (Å²) in [6, 6.07) is 7.99. The van der Waals surface area contributed by atoms with Crippen molar-refractivity contribution in [1.82, 2.24) is 4.98 Å². The number of anilines is 1. The molecule has 106 valence electrons. The zero-order valence-electron chi connectivity index (χ0n) is 10.5. The number of benzene rings is 1. The summed E-state index contributed by atoms with van der Waals surface area (Å²) >= 11 is 0. The van der Waals surface area contributed by atoms with Gasteiger partial charge in [-0.05, 0) is 12.1 Å². The smallest absolute Gasteiger partial charge is 0.405 e. The van der Waals surface area contributed by atoms with Crippen LogP contribution in [-0.4, -0.2) is 35.8 Å². The highest BCUT2D eigenvalue weighted by atomic mass is 19.4. The largest absolute Gasteiger partial charge is 0.478 e. The van der Waals surface area contributed by atoms with Gasteiger partial charge in [-0.3, -0.25) is 0 Å². The van der Waals surface area contributed by atoms with Crippen molar-refractivity contribution in [2.45, 2.75) is 6.18 Å². The van der Waals surface area contributed by atoms with E-state index in [-0.39, 0.29) is 11.4 Å². The minimum atomic E-state index is -4.43. The fraction of sp³-hybridized carbons (Fsp3) is 0.231. The Bertz CT molecular complexity index is 656. The molecule has 1 aromatic heterocycles. The van der Waals surface area contributed by atoms with Crippen LogP contribution in [-0.2, 0) is 0 Å². The Labute approximate surface area is 112 Å². The Morgan fingerprint density at radius 3 is 2.60 bits per heavy atom. The monoisotopic (exact) mass is 284 g/mol. The van der Waals surface area contributed by atoms with Crippen molar-refractivity contribution in [3.63, 3.8) is 0 Å². The minimum absolute atomic E-state index is 0.200. The lowest BCUT2D eigenvalue weighted by Crippen LogP contribution is -2.32. The Morgan fingerprint density at radius 2 is 2.00 bits per heavy atom. The molecular weight excluding hydrogens is 273 g/mol. The molecule has 0 amide bonds. The minimum Gasteiger partial charge on any atom is -0.478 e. The highest BCUT2D eigenvalue weighted by Gasteiger charge is 2.31. The van der Waals surface area contributed by atoms with E-state index in [9.17, 15) is 18.0 Å². The van der Waals surface area contributed by atoms with Crippen molar-refractivity contribution in [3.8, 4) is 0 Å². The van der Waals surface area contributed by atoms with Gasteiger partial charge in [0, 0.05) is 12.4 Å². The van der Waals surface area contributed by atoms with Crippen LogP contribution in [0.5, 0.6) is 0 Å². The molecule has 0 atom stereocenters. The van der Waals surface area contributed by atoms with Crippen LogP contribution in [0, 0.1) is 0 Å². The molecule has 2 aromatic rings. The van der Waals surface area contributed by atoms with Gasteiger partial charge in [-0.25, -0.2) is 9.78 Å². The summed E-state index contributed by atoms with van der Waals surface area (Å²) in [5.41, 5.74) is 0.192. The molecule has 4 nitrogen and oxygen atoms in total. The van der Waals surface area contributed by atoms with E-state index in [0.717, 1.165) is 11.9 Å². The van der Waals surface area contributed by atoms with E-state index < -0.39 is 18.7 Å². The summed E-state index contributed by atoms with van der Waals surface area (Å²) in [5, 5.41) is 9.69. The van der Waals surface area contributed by atoms with Crippen LogP contribution in [0.25, 0.3) is 10.9 Å². The number of hydrogen-bond donors (Lipinski definition) is 1. The van der Waals surface area contributed by atoms with Gasteiger partial charge in [0.25, 0.3) is 0 Å². The maximum atomic E-state index is 12.4. The second-order valence-corrected chi connectivity index (χ2v) is 4.33. The van der Waals surface area contributed by atoms with Crippen molar-refractivity contribution in [2.75, 3.05) is 18.5 Å². The summed E-state index contributed by atoms with van der Waals surface area (Å²) in [7, 11) is 1.16. The number of carboxylic acid groups (broad SMARTS) is 1. The molecule has 0 saturated carbocycles. The van der Waals surface area contributed by atoms with Gasteiger partial charge in [-0.2, -0.15) is 13.2 Å². The first-order chi connectivity index (χ1) is 9.28. The van der Waals surface area contributed by atoms with Gasteiger partial charge in [-0.15, -0.1) is 0 Å². The van der Waals surface area contributed by atoms with Gasteiger partial charge in [0.2, 0.25) is 0 Å². The number of para-hydroxylation sites is 1. The van der Waals surface area contributed by atoms with Crippen LogP contribution in [0.15, 0.2) is 30.3 Å². The summed E-state index contributed by atoms with van der Waals surface area (Å²) < 4.78 is 37.3. The standard InChI is InChI=1S/C13H11F3N2O2/c1-18(7-13(14,15)16)11-9(12(19)20)6-8-4-2-3-5-10(8)17-11/h2-6H,7H2,1H3,(H,19,20). The lowest BCUT2D eigenvalue weighted by atomic mass is 10.1. The zero-order chi connectivity index (χ0) is 14.9. The lowest BCUT2D eigenvalue weighted by molar-refractivity contribution is -0.119. The molecule has 1 heterocycles. The molecule has 2 rings (SSSR count). The molecule has 0 fully saturated rings. The maximum absolute atomic E-state index is 12.4. The van der Waals surface area contributed by atoms with E-state index in [2.05, 4.69) is 4.98 Å². The molecule has 0 aliphatic carbocycles. The summed E-state index contributed by atoms with van der Waals surface area (Å²) in [5.74, 6) is -1.51. The Balaban J connectivity index is 2.55. The number of halogens is 3. The third kappa shape index (κ3) is 2.98. The van der Waals surface area contributed by atoms with Crippen molar-refractivity contribution in [3.05, 3.63) is 35.9 Å². The van der Waals surface area contributed by atoms with Gasteiger partial charge in [0.15, 0.2) is 0 Å². The second kappa shape index (κ2) is 4.99. The van der Waals surface area contributed by atoms with Gasteiger partial charge >= 0.3 is 12.1 Å². The number of aromatic nitrogens is 1. The highest BCUT2D eigenvalue weighted by molar-refractivity contribution is 5.98. The van der Waals surface area contributed by atoms with E-state index in [4.69, 9.17) is 5.11 Å². The van der Waals surface area contributed by atoms with E-state index in [1.54, 1.807) is 24.3 Å². The molecule has 0 radical (unpaired) electrons. The average molecular weight is 284 g/mol. The van der Waals surface area contributed by atoms with Crippen molar-refractivity contribution >= 4 is 22.7 Å². The van der Waals surface area contributed by atoms with Crippen LogP contribution in [0.1, 0.15) is 10.4 Å². The number of alkyl halides is 3. The first-order valence-electron chi connectivity index (χ1n) is 5.69. The molecule has 0 bridgehead atoms. The molecule has 20 heavy (non-hydrogen) atoms. The highest BCUT2D eigenvalue weighted by Crippen LogP contribution is 2.25. The number of nitrogens with zero attached hydrogens (tertiary/aromatic N) is 2. The first-order valence-corrected chi connectivity index (χ1v) is 5.69. The number of aromatic carboxylic acids is 1. The summed E-state index contributed by atoms with van der Waals surface area (Å²) in [4.78, 5) is 16.0. The summed E-state index contributed by atoms with van der Waals surface area (Å²) in [6.07, 6.45) is -4.43. The molecular formula is C13H11F3N2O2. The molecule has 0 spiro atoms. The van der Waals surface area contributed by atoms with Gasteiger partial charge in [0.1, 0.15) is 17.9 Å². The third-order valence-corrected chi connectivity index (χ3v) is 2.71. The number of rotatable bonds is 3. The van der Waals surface area contributed by atoms with E-state index in [1.807, 2.05) is 0 Å². The lowest BCUT2D eigenvalue weighted by Gasteiger charge is -2.21. The van der Waals surface area contributed by atoms with Crippen LogP contribution >= 0.6 is 0 Å². The van der Waals surface area contributed by atoms with E-state index in [0.29, 0.717) is 10.9 Å². The quantitative estimate of drug-likeness (QED) is 0.941. The zero-order valence-corrected chi connectivity index (χ0v) is 10.5. The molecule has 0 unspecified atom stereocenters. The fourth-order valence-corrected chi connectivity index (χ4v) is 1.90. The predicted octanol–water partition coefficient (Wildman–Crippen LogP) is 2.93. The molecule has 0 aliphatic heterocycles. The molecule has 0 aliphatic rings. The Kier molecular flexibility index (Phi) is 3.52. The average Bonchev–Trinajstić information content (AvgIpc) is 2.35. The first kappa shape index (κ1) is 14.1. The molecule has 1 N–H and O–H groups in total. The van der Waals surface area contributed by atoms with Crippen molar-refractivity contribution in [2.24, 2.45) is 0 Å². The Hall–Kier alpha value is -2.31. The normalized spacial score (nSPS) is 11.6. The number of carbonyl (C=O) groups is 1. The SMILES string of the molecule is CN(CC(F)(F)F)c1nc2ccccc2cc1C(=O)O. The number of fused-ring (bicyclic) bond motifs is 1. The molecule has 1 aromatic carbocycles. The molecule has 7 heteroatoms. The third-order valence-electron chi connectivity index (χ3n) is 2.71. The summed E-state index contributed by atoms with van der Waals surface area (Å²) in [6.45, 7) is -1.27. The maximum Gasteiger partial charge on any atom is 0.405 e. The van der Waals surface area contributed by atoms with Crippen LogP contribution < -0.4 is 4.90 Å². The van der Waals surface area contributed by atoms with Crippen molar-refractivity contribution in [1.29, 1.82) is 0 Å². The van der Waals surface area contributed by atoms with E-state index in [1.165, 1.54) is 6.07 Å². The van der Waals surface area contributed by atoms with Gasteiger partial charge in [-0.1, -0.05) is 18.2 Å². The Morgan fingerprint density at radius 1 is 1.35 bits per heavy atom. The number of hydrogen-bond acceptors (Lipinski definition) is 3.